The quantitative estimate of drug-likeness (QED) is 0.281. The van der Waals surface area contributed by atoms with E-state index in [0.29, 0.717) is 21.5 Å². The second-order valence-corrected chi connectivity index (χ2v) is 9.08. The molecule has 0 saturated heterocycles. The van der Waals surface area contributed by atoms with E-state index in [9.17, 15) is 15.0 Å². The number of hydrogen-bond donors (Lipinski definition) is 2. The largest absolute Gasteiger partial charge is 0.503 e. The van der Waals surface area contributed by atoms with Crippen molar-refractivity contribution in [3.05, 3.63) is 82.3 Å². The molecule has 0 radical (unpaired) electrons. The summed E-state index contributed by atoms with van der Waals surface area (Å²) in [7, 11) is 0. The van der Waals surface area contributed by atoms with Crippen molar-refractivity contribution in [2.24, 2.45) is 0 Å². The van der Waals surface area contributed by atoms with Crippen molar-refractivity contribution >= 4 is 38.9 Å². The average Bonchev–Trinajstić information content (AvgIpc) is 3.49. The van der Waals surface area contributed by atoms with Gasteiger partial charge < -0.3 is 14.6 Å². The van der Waals surface area contributed by atoms with Gasteiger partial charge in [-0.3, -0.25) is 9.36 Å². The molecule has 2 aromatic carbocycles. The Kier molecular flexibility index (Phi) is 5.23. The molecule has 0 unspecified atom stereocenters. The lowest BCUT2D eigenvalue weighted by Crippen LogP contribution is -2.04. The second-order valence-electron chi connectivity index (χ2n) is 7.63. The molecule has 0 fully saturated rings. The van der Waals surface area contributed by atoms with Gasteiger partial charge in [-0.25, -0.2) is 4.98 Å². The van der Waals surface area contributed by atoms with Crippen molar-refractivity contribution in [3.63, 3.8) is 0 Å². The molecule has 3 heterocycles. The minimum Gasteiger partial charge on any atom is -0.503 e. The van der Waals surface area contributed by atoms with E-state index in [0.717, 1.165) is 22.2 Å². The van der Waals surface area contributed by atoms with E-state index in [4.69, 9.17) is 16.0 Å². The highest BCUT2D eigenvalue weighted by molar-refractivity contribution is 7.20. The lowest BCUT2D eigenvalue weighted by Gasteiger charge is -2.09. The van der Waals surface area contributed by atoms with Gasteiger partial charge in [-0.2, -0.15) is 0 Å². The van der Waals surface area contributed by atoms with Gasteiger partial charge in [-0.05, 0) is 55.3 Å². The van der Waals surface area contributed by atoms with Crippen LogP contribution in [0.3, 0.4) is 0 Å². The van der Waals surface area contributed by atoms with Crippen LogP contribution in [0.15, 0.2) is 59.0 Å². The van der Waals surface area contributed by atoms with Crippen LogP contribution in [0.5, 0.6) is 11.6 Å². The van der Waals surface area contributed by atoms with Crippen molar-refractivity contribution in [1.82, 2.24) is 9.55 Å². The number of aromatic nitrogens is 2. The number of thiazole rings is 1. The molecular formula is C25H19ClN2O4S. The fourth-order valence-electron chi connectivity index (χ4n) is 3.81. The summed E-state index contributed by atoms with van der Waals surface area (Å²) in [5.41, 5.74) is 2.65. The van der Waals surface area contributed by atoms with Gasteiger partial charge in [0.15, 0.2) is 16.6 Å². The lowest BCUT2D eigenvalue weighted by molar-refractivity contribution is 0.101. The van der Waals surface area contributed by atoms with Crippen LogP contribution < -0.4 is 0 Å². The number of carbonyl (C=O) groups excluding carboxylic acids is 1. The molecule has 8 heteroatoms. The van der Waals surface area contributed by atoms with Crippen LogP contribution in [0.4, 0.5) is 0 Å². The molecule has 0 saturated carbocycles. The predicted molar refractivity (Wildman–Crippen MR) is 129 cm³/mol. The van der Waals surface area contributed by atoms with Gasteiger partial charge in [0.2, 0.25) is 11.7 Å². The van der Waals surface area contributed by atoms with Gasteiger partial charge in [-0.1, -0.05) is 48.1 Å². The number of aromatic hydroxyl groups is 2. The first-order chi connectivity index (χ1) is 15.9. The van der Waals surface area contributed by atoms with Crippen molar-refractivity contribution in [2.75, 3.05) is 0 Å². The fraction of sp³-hybridized carbons (Fsp3) is 0.120. The van der Waals surface area contributed by atoms with Crippen LogP contribution in [-0.2, 0) is 6.42 Å². The maximum Gasteiger partial charge on any atom is 0.242 e. The topological polar surface area (TPSA) is 88.5 Å². The number of ketones is 1. The standard InChI is InChI=1S/C25H19ClN2O4S/c1-3-14-8-9-17-19(11-14)33-25(27-17)28-21(15-5-4-6-16(26)12-15)20(23(30)24(28)31)22(29)18-10-7-13(2)32-18/h4-12,30-31H,3H2,1-2H3. The summed E-state index contributed by atoms with van der Waals surface area (Å²) >= 11 is 7.59. The number of halogens is 1. The van der Waals surface area contributed by atoms with E-state index < -0.39 is 17.4 Å². The molecule has 5 aromatic rings. The second kappa shape index (κ2) is 8.10. The number of benzene rings is 2. The number of hydrogen-bond acceptors (Lipinski definition) is 6. The van der Waals surface area contributed by atoms with Gasteiger partial charge >= 0.3 is 0 Å². The molecule has 0 aliphatic rings. The molecule has 3 aromatic heterocycles. The van der Waals surface area contributed by atoms with Crippen LogP contribution in [0.1, 0.15) is 34.4 Å². The monoisotopic (exact) mass is 478 g/mol. The van der Waals surface area contributed by atoms with Crippen LogP contribution in [0.25, 0.3) is 26.6 Å². The first-order valence-electron chi connectivity index (χ1n) is 10.3. The third kappa shape index (κ3) is 3.59. The zero-order valence-electron chi connectivity index (χ0n) is 17.8. The molecule has 0 aliphatic heterocycles. The minimum atomic E-state index is -0.556. The van der Waals surface area contributed by atoms with E-state index in [1.165, 1.54) is 22.0 Å². The minimum absolute atomic E-state index is 0.0557. The third-order valence-electron chi connectivity index (χ3n) is 5.45. The molecule has 0 amide bonds. The van der Waals surface area contributed by atoms with Gasteiger partial charge in [0.25, 0.3) is 0 Å². The number of fused-ring (bicyclic) bond motifs is 1. The molecule has 5 rings (SSSR count). The van der Waals surface area contributed by atoms with Crippen molar-refractivity contribution in [1.29, 1.82) is 0 Å². The Labute approximate surface area is 198 Å². The Morgan fingerprint density at radius 2 is 1.97 bits per heavy atom. The summed E-state index contributed by atoms with van der Waals surface area (Å²) < 4.78 is 7.83. The number of furan rings is 1. The Balaban J connectivity index is 1.80. The lowest BCUT2D eigenvalue weighted by atomic mass is 10.0. The number of rotatable bonds is 5. The van der Waals surface area contributed by atoms with Crippen molar-refractivity contribution in [2.45, 2.75) is 20.3 Å². The van der Waals surface area contributed by atoms with Crippen LogP contribution in [-0.4, -0.2) is 25.5 Å². The summed E-state index contributed by atoms with van der Waals surface area (Å²) in [5, 5.41) is 22.7. The predicted octanol–water partition coefficient (Wildman–Crippen LogP) is 6.51. The molecule has 0 bridgehead atoms. The first-order valence-corrected chi connectivity index (χ1v) is 11.5. The smallest absolute Gasteiger partial charge is 0.242 e. The van der Waals surface area contributed by atoms with Crippen LogP contribution in [0, 0.1) is 6.92 Å². The molecule has 2 N–H and O–H groups in total. The van der Waals surface area contributed by atoms with Crippen LogP contribution >= 0.6 is 22.9 Å². The zero-order chi connectivity index (χ0) is 23.3. The molecule has 0 spiro atoms. The normalized spacial score (nSPS) is 11.4. The summed E-state index contributed by atoms with van der Waals surface area (Å²) in [6, 6.07) is 16.0. The van der Waals surface area contributed by atoms with E-state index in [2.05, 4.69) is 11.9 Å². The van der Waals surface area contributed by atoms with Crippen LogP contribution in [0.2, 0.25) is 5.02 Å². The van der Waals surface area contributed by atoms with Crippen molar-refractivity contribution in [3.8, 4) is 28.0 Å². The highest BCUT2D eigenvalue weighted by Crippen LogP contribution is 2.45. The maximum atomic E-state index is 13.4. The number of aryl methyl sites for hydroxylation is 2. The highest BCUT2D eigenvalue weighted by Gasteiger charge is 2.32. The fourth-order valence-corrected chi connectivity index (χ4v) is 5.04. The maximum absolute atomic E-state index is 13.4. The number of carbonyl (C=O) groups is 1. The SMILES string of the molecule is CCc1ccc2nc(-n3c(O)c(O)c(C(=O)c4ccc(C)o4)c3-c3cccc(Cl)c3)sc2c1. The Morgan fingerprint density at radius 1 is 1.15 bits per heavy atom. The van der Waals surface area contributed by atoms with Gasteiger partial charge in [0.1, 0.15) is 5.76 Å². The summed E-state index contributed by atoms with van der Waals surface area (Å²) in [6.07, 6.45) is 0.883. The Morgan fingerprint density at radius 3 is 2.67 bits per heavy atom. The molecule has 33 heavy (non-hydrogen) atoms. The molecule has 166 valence electrons. The highest BCUT2D eigenvalue weighted by atomic mass is 35.5. The summed E-state index contributed by atoms with van der Waals surface area (Å²) in [5.74, 6) is -0.966. The first kappa shape index (κ1) is 21.3. The molecule has 0 aliphatic carbocycles. The van der Waals surface area contributed by atoms with Crippen molar-refractivity contribution < 1.29 is 19.4 Å². The van der Waals surface area contributed by atoms with E-state index in [-0.39, 0.29) is 17.0 Å². The molecule has 0 atom stereocenters. The molecular weight excluding hydrogens is 460 g/mol. The van der Waals surface area contributed by atoms with E-state index in [1.807, 2.05) is 18.2 Å². The Bertz CT molecular complexity index is 1530. The van der Waals surface area contributed by atoms with E-state index >= 15 is 0 Å². The third-order valence-corrected chi connectivity index (χ3v) is 6.69. The van der Waals surface area contributed by atoms with Gasteiger partial charge in [0.05, 0.1) is 21.5 Å². The average molecular weight is 479 g/mol. The molecule has 6 nitrogen and oxygen atoms in total. The number of nitrogens with zero attached hydrogens (tertiary/aromatic N) is 2. The Hall–Kier alpha value is -3.55. The summed E-state index contributed by atoms with van der Waals surface area (Å²) in [6.45, 7) is 3.80. The zero-order valence-corrected chi connectivity index (χ0v) is 19.4. The summed E-state index contributed by atoms with van der Waals surface area (Å²) in [4.78, 5) is 18.0. The van der Waals surface area contributed by atoms with Gasteiger partial charge in [-0.15, -0.1) is 0 Å². The van der Waals surface area contributed by atoms with Gasteiger partial charge in [0, 0.05) is 10.6 Å². The van der Waals surface area contributed by atoms with E-state index in [1.54, 1.807) is 37.3 Å².